The lowest BCUT2D eigenvalue weighted by molar-refractivity contribution is -0.121. The van der Waals surface area contributed by atoms with Gasteiger partial charge in [-0.05, 0) is 12.1 Å². The van der Waals surface area contributed by atoms with Crippen LogP contribution in [-0.2, 0) is 17.9 Å². The van der Waals surface area contributed by atoms with E-state index in [1.54, 1.807) is 18.7 Å². The first kappa shape index (κ1) is 13.7. The number of aryl methyl sites for hydroxylation is 1. The van der Waals surface area contributed by atoms with E-state index in [2.05, 4.69) is 15.3 Å². The molecule has 2 N–H and O–H groups in total. The van der Waals surface area contributed by atoms with Crippen molar-refractivity contribution in [1.82, 2.24) is 19.9 Å². The minimum absolute atomic E-state index is 0.124. The molecular formula is C13H14N4O3. The summed E-state index contributed by atoms with van der Waals surface area (Å²) < 4.78 is 1.81. The Morgan fingerprint density at radius 2 is 2.20 bits per heavy atom. The molecule has 104 valence electrons. The van der Waals surface area contributed by atoms with Gasteiger partial charge in [0.2, 0.25) is 5.91 Å². The third kappa shape index (κ3) is 3.91. The van der Waals surface area contributed by atoms with Crippen LogP contribution in [0, 0.1) is 0 Å². The van der Waals surface area contributed by atoms with E-state index >= 15 is 0 Å². The highest BCUT2D eigenvalue weighted by Crippen LogP contribution is 2.02. The maximum atomic E-state index is 11.6. The van der Waals surface area contributed by atoms with Crippen LogP contribution in [0.25, 0.3) is 0 Å². The maximum Gasteiger partial charge on any atom is 0.335 e. The van der Waals surface area contributed by atoms with Crippen molar-refractivity contribution in [2.45, 2.75) is 19.5 Å². The molecule has 7 nitrogen and oxygen atoms in total. The van der Waals surface area contributed by atoms with Crippen LogP contribution >= 0.6 is 0 Å². The van der Waals surface area contributed by atoms with Crippen LogP contribution in [0.2, 0.25) is 0 Å². The van der Waals surface area contributed by atoms with E-state index in [0.29, 0.717) is 18.7 Å². The van der Waals surface area contributed by atoms with Gasteiger partial charge in [-0.1, -0.05) is 0 Å². The van der Waals surface area contributed by atoms with Crippen LogP contribution in [0.4, 0.5) is 0 Å². The Balaban J connectivity index is 1.81. The van der Waals surface area contributed by atoms with Crippen molar-refractivity contribution in [2.24, 2.45) is 0 Å². The lowest BCUT2D eigenvalue weighted by Crippen LogP contribution is -2.24. The van der Waals surface area contributed by atoms with Gasteiger partial charge in [-0.3, -0.25) is 9.78 Å². The second kappa shape index (κ2) is 6.46. The van der Waals surface area contributed by atoms with Crippen molar-refractivity contribution in [3.05, 3.63) is 48.3 Å². The lowest BCUT2D eigenvalue weighted by Gasteiger charge is -2.06. The lowest BCUT2D eigenvalue weighted by atomic mass is 10.2. The summed E-state index contributed by atoms with van der Waals surface area (Å²) in [6.07, 6.45) is 6.82. The summed E-state index contributed by atoms with van der Waals surface area (Å²) in [4.78, 5) is 30.3. The number of carbonyl (C=O) groups is 2. The average molecular weight is 274 g/mol. The molecule has 0 fully saturated rings. The number of imidazole rings is 1. The third-order valence-corrected chi connectivity index (χ3v) is 2.69. The average Bonchev–Trinajstić information content (AvgIpc) is 2.96. The van der Waals surface area contributed by atoms with E-state index < -0.39 is 5.97 Å². The third-order valence-electron chi connectivity index (χ3n) is 2.69. The largest absolute Gasteiger partial charge is 0.478 e. The van der Waals surface area contributed by atoms with Crippen molar-refractivity contribution < 1.29 is 14.7 Å². The summed E-state index contributed by atoms with van der Waals surface area (Å²) >= 11 is 0. The first-order valence-corrected chi connectivity index (χ1v) is 6.06. The van der Waals surface area contributed by atoms with Crippen molar-refractivity contribution >= 4 is 11.9 Å². The van der Waals surface area contributed by atoms with Crippen LogP contribution in [0.15, 0.2) is 37.1 Å². The SMILES string of the molecule is O=C(CCn1ccnc1)NCc1cc(C(=O)O)ccn1. The van der Waals surface area contributed by atoms with E-state index in [9.17, 15) is 9.59 Å². The number of nitrogens with one attached hydrogen (secondary N) is 1. The monoisotopic (exact) mass is 274 g/mol. The zero-order valence-corrected chi connectivity index (χ0v) is 10.7. The molecule has 0 aliphatic heterocycles. The Labute approximate surface area is 115 Å². The molecule has 0 atom stereocenters. The number of carbonyl (C=O) groups excluding carboxylic acids is 1. The van der Waals surface area contributed by atoms with Crippen LogP contribution in [0.3, 0.4) is 0 Å². The molecule has 0 unspecified atom stereocenters. The Hall–Kier alpha value is -2.70. The number of amides is 1. The molecule has 0 bridgehead atoms. The standard InChI is InChI=1S/C13H14N4O3/c18-12(2-5-17-6-4-14-9-17)16-8-11-7-10(13(19)20)1-3-15-11/h1,3-4,6-7,9H,2,5,8H2,(H,16,18)(H,19,20). The Morgan fingerprint density at radius 1 is 1.35 bits per heavy atom. The molecule has 0 aliphatic rings. The summed E-state index contributed by atoms with van der Waals surface area (Å²) in [6.45, 7) is 0.762. The zero-order chi connectivity index (χ0) is 14.4. The second-order valence-electron chi connectivity index (χ2n) is 4.17. The van der Waals surface area contributed by atoms with Gasteiger partial charge in [0.25, 0.3) is 0 Å². The molecule has 0 saturated heterocycles. The molecule has 2 heterocycles. The highest BCUT2D eigenvalue weighted by molar-refractivity contribution is 5.87. The summed E-state index contributed by atoms with van der Waals surface area (Å²) in [5.41, 5.74) is 0.670. The van der Waals surface area contributed by atoms with E-state index in [-0.39, 0.29) is 18.0 Å². The normalized spacial score (nSPS) is 10.2. The highest BCUT2D eigenvalue weighted by atomic mass is 16.4. The van der Waals surface area contributed by atoms with Gasteiger partial charge in [-0.2, -0.15) is 0 Å². The fraction of sp³-hybridized carbons (Fsp3) is 0.231. The Kier molecular flexibility index (Phi) is 4.43. The molecule has 7 heteroatoms. The van der Waals surface area contributed by atoms with Gasteiger partial charge >= 0.3 is 5.97 Å². The van der Waals surface area contributed by atoms with E-state index in [0.717, 1.165) is 0 Å². The summed E-state index contributed by atoms with van der Waals surface area (Å²) in [5.74, 6) is -1.14. The van der Waals surface area contributed by atoms with Crippen LogP contribution < -0.4 is 5.32 Å². The number of carboxylic acids is 1. The fourth-order valence-corrected chi connectivity index (χ4v) is 1.64. The molecule has 1 amide bonds. The number of rotatable bonds is 6. The molecule has 2 rings (SSSR count). The molecule has 0 saturated carbocycles. The molecular weight excluding hydrogens is 260 g/mol. The minimum atomic E-state index is -1.01. The van der Waals surface area contributed by atoms with Crippen molar-refractivity contribution in [3.63, 3.8) is 0 Å². The van der Waals surface area contributed by atoms with Crippen LogP contribution in [-0.4, -0.2) is 31.5 Å². The number of aromatic nitrogens is 3. The summed E-state index contributed by atoms with van der Waals surface area (Å²) in [6, 6.07) is 2.85. The van der Waals surface area contributed by atoms with Gasteiger partial charge in [0, 0.05) is 31.6 Å². The highest BCUT2D eigenvalue weighted by Gasteiger charge is 2.06. The number of hydrogen-bond acceptors (Lipinski definition) is 4. The number of nitrogens with zero attached hydrogens (tertiary/aromatic N) is 3. The van der Waals surface area contributed by atoms with Gasteiger partial charge < -0.3 is 15.0 Å². The molecule has 0 aromatic carbocycles. The maximum absolute atomic E-state index is 11.6. The van der Waals surface area contributed by atoms with Gasteiger partial charge in [-0.15, -0.1) is 0 Å². The second-order valence-corrected chi connectivity index (χ2v) is 4.17. The van der Waals surface area contributed by atoms with Gasteiger partial charge in [0.1, 0.15) is 0 Å². The van der Waals surface area contributed by atoms with Crippen LogP contribution in [0.1, 0.15) is 22.5 Å². The molecule has 0 spiro atoms. The van der Waals surface area contributed by atoms with Gasteiger partial charge in [-0.25, -0.2) is 9.78 Å². The topological polar surface area (TPSA) is 97.1 Å². The molecule has 20 heavy (non-hydrogen) atoms. The zero-order valence-electron chi connectivity index (χ0n) is 10.7. The summed E-state index contributed by atoms with van der Waals surface area (Å²) in [7, 11) is 0. The first-order valence-electron chi connectivity index (χ1n) is 6.06. The van der Waals surface area contributed by atoms with E-state index in [1.165, 1.54) is 18.3 Å². The number of carboxylic acid groups (broad SMARTS) is 1. The predicted octanol–water partition coefficient (Wildman–Crippen LogP) is 0.683. The fourth-order valence-electron chi connectivity index (χ4n) is 1.64. The van der Waals surface area contributed by atoms with Crippen molar-refractivity contribution in [1.29, 1.82) is 0 Å². The van der Waals surface area contributed by atoms with Crippen molar-refractivity contribution in [3.8, 4) is 0 Å². The Morgan fingerprint density at radius 3 is 2.90 bits per heavy atom. The quantitative estimate of drug-likeness (QED) is 0.807. The predicted molar refractivity (Wildman–Crippen MR) is 69.9 cm³/mol. The summed E-state index contributed by atoms with van der Waals surface area (Å²) in [5, 5.41) is 11.6. The molecule has 0 radical (unpaired) electrons. The van der Waals surface area contributed by atoms with Crippen LogP contribution in [0.5, 0.6) is 0 Å². The Bertz CT molecular complexity index is 595. The minimum Gasteiger partial charge on any atom is -0.478 e. The molecule has 2 aromatic heterocycles. The van der Waals surface area contributed by atoms with E-state index in [4.69, 9.17) is 5.11 Å². The number of hydrogen-bond donors (Lipinski definition) is 2. The van der Waals surface area contributed by atoms with Gasteiger partial charge in [0.05, 0.1) is 24.1 Å². The molecule has 2 aromatic rings. The first-order chi connectivity index (χ1) is 9.65. The van der Waals surface area contributed by atoms with Gasteiger partial charge in [0.15, 0.2) is 0 Å². The van der Waals surface area contributed by atoms with E-state index in [1.807, 2.05) is 4.57 Å². The smallest absolute Gasteiger partial charge is 0.335 e. The van der Waals surface area contributed by atoms with Crippen molar-refractivity contribution in [2.75, 3.05) is 0 Å². The number of aromatic carboxylic acids is 1. The molecule has 0 aliphatic carbocycles. The number of pyridine rings is 1.